The van der Waals surface area contributed by atoms with E-state index in [9.17, 15) is 9.65 Å². The number of hydrogen-bond acceptors (Lipinski definition) is 8. The van der Waals surface area contributed by atoms with Gasteiger partial charge in [0.25, 0.3) is 0 Å². The highest BCUT2D eigenvalue weighted by Gasteiger charge is 2.24. The molecule has 4 aromatic rings. The lowest BCUT2D eigenvalue weighted by Gasteiger charge is -2.28. The zero-order valence-corrected chi connectivity index (χ0v) is 20.2. The van der Waals surface area contributed by atoms with Crippen LogP contribution in [0.2, 0.25) is 0 Å². The summed E-state index contributed by atoms with van der Waals surface area (Å²) < 4.78 is 15.3. The summed E-state index contributed by atoms with van der Waals surface area (Å²) in [7, 11) is 1.92. The van der Waals surface area contributed by atoms with Crippen LogP contribution in [0.15, 0.2) is 30.3 Å². The predicted octanol–water partition coefficient (Wildman–Crippen LogP) is 4.07. The van der Waals surface area contributed by atoms with Crippen molar-refractivity contribution in [1.29, 1.82) is 5.26 Å². The molecule has 1 fully saturated rings. The number of pyridine rings is 1. The van der Waals surface area contributed by atoms with Crippen LogP contribution in [-0.2, 0) is 6.54 Å². The van der Waals surface area contributed by atoms with Crippen LogP contribution in [0.4, 0.5) is 21.2 Å². The van der Waals surface area contributed by atoms with Gasteiger partial charge in [-0.25, -0.2) is 19.0 Å². The second-order valence-electron chi connectivity index (χ2n) is 8.22. The van der Waals surface area contributed by atoms with Gasteiger partial charge in [-0.15, -0.1) is 0 Å². The van der Waals surface area contributed by atoms with Gasteiger partial charge in [0, 0.05) is 45.3 Å². The number of benzene rings is 1. The fourth-order valence-electron chi connectivity index (χ4n) is 4.25. The van der Waals surface area contributed by atoms with E-state index in [4.69, 9.17) is 15.1 Å². The van der Waals surface area contributed by atoms with Crippen LogP contribution in [0, 0.1) is 24.1 Å². The quantitative estimate of drug-likeness (QED) is 0.465. The zero-order chi connectivity index (χ0) is 23.8. The Balaban J connectivity index is 1.61. The summed E-state index contributed by atoms with van der Waals surface area (Å²) in [5.74, 6) is 1.46. The van der Waals surface area contributed by atoms with E-state index in [2.05, 4.69) is 29.3 Å². The molecule has 1 aliphatic rings. The number of nitrogens with one attached hydrogen (secondary N) is 1. The van der Waals surface area contributed by atoms with Gasteiger partial charge in [0.2, 0.25) is 0 Å². The van der Waals surface area contributed by atoms with Crippen LogP contribution < -0.4 is 15.1 Å². The molecule has 1 aromatic carbocycles. The molecule has 174 valence electrons. The minimum Gasteiger partial charge on any atom is -0.354 e. The molecule has 0 spiro atoms. The molecule has 1 N–H and O–H groups in total. The largest absolute Gasteiger partial charge is 0.354 e. The summed E-state index contributed by atoms with van der Waals surface area (Å²) in [5.41, 5.74) is 4.00. The molecule has 0 radical (unpaired) electrons. The monoisotopic (exact) mass is 476 g/mol. The average molecular weight is 477 g/mol. The molecule has 0 atom stereocenters. The molecular formula is C24H25FN8S. The minimum absolute atomic E-state index is 0.324. The first kappa shape index (κ1) is 22.3. The second kappa shape index (κ2) is 9.00. The standard InChI is InChI=1S/C24H25FN8S/c1-4-33-23(22-20(30-33)15(2)13-19(28-22)32-11-9-27-10-12-32)31(3)24-29-21(18(14-26)34-24)16-5-7-17(25)8-6-16/h5-8,13,27H,4,9-12H2,1-3H3. The topological polar surface area (TPSA) is 85.9 Å². The normalized spacial score (nSPS) is 13.9. The van der Waals surface area contributed by atoms with Gasteiger partial charge in [0.05, 0.1) is 0 Å². The first-order valence-electron chi connectivity index (χ1n) is 11.2. The molecule has 3 aromatic heterocycles. The minimum atomic E-state index is -0.324. The highest BCUT2D eigenvalue weighted by molar-refractivity contribution is 7.16. The van der Waals surface area contributed by atoms with Gasteiger partial charge in [-0.2, -0.15) is 10.4 Å². The van der Waals surface area contributed by atoms with Crippen LogP contribution in [0.5, 0.6) is 0 Å². The van der Waals surface area contributed by atoms with Gasteiger partial charge in [-0.3, -0.25) is 0 Å². The summed E-state index contributed by atoms with van der Waals surface area (Å²) in [6.07, 6.45) is 0. The molecule has 8 nitrogen and oxygen atoms in total. The van der Waals surface area contributed by atoms with Crippen LogP contribution in [0.25, 0.3) is 22.3 Å². The molecule has 10 heteroatoms. The second-order valence-corrected chi connectivity index (χ2v) is 9.20. The molecule has 0 saturated carbocycles. The Labute approximate surface area is 201 Å². The Hall–Kier alpha value is -3.55. The van der Waals surface area contributed by atoms with Gasteiger partial charge >= 0.3 is 0 Å². The van der Waals surface area contributed by atoms with Crippen molar-refractivity contribution in [3.05, 3.63) is 46.6 Å². The number of fused-ring (bicyclic) bond motifs is 1. The summed E-state index contributed by atoms with van der Waals surface area (Å²) in [6.45, 7) is 8.45. The number of nitriles is 1. The van der Waals surface area contributed by atoms with Gasteiger partial charge in [0.15, 0.2) is 10.9 Å². The number of aryl methyl sites for hydroxylation is 2. The van der Waals surface area contributed by atoms with E-state index in [0.717, 1.165) is 54.4 Å². The molecule has 4 heterocycles. The molecule has 34 heavy (non-hydrogen) atoms. The van der Waals surface area contributed by atoms with E-state index in [1.54, 1.807) is 12.1 Å². The van der Waals surface area contributed by atoms with Crippen molar-refractivity contribution in [3.8, 4) is 17.3 Å². The smallest absolute Gasteiger partial charge is 0.192 e. The molecule has 0 aliphatic carbocycles. The van der Waals surface area contributed by atoms with E-state index in [-0.39, 0.29) is 5.82 Å². The highest BCUT2D eigenvalue weighted by Crippen LogP contribution is 2.38. The number of hydrogen-bond donors (Lipinski definition) is 1. The van der Waals surface area contributed by atoms with Crippen LogP contribution in [-0.4, -0.2) is 53.0 Å². The number of halogens is 1. The van der Waals surface area contributed by atoms with E-state index in [1.807, 2.05) is 23.6 Å². The Morgan fingerprint density at radius 1 is 1.18 bits per heavy atom. The fraction of sp³-hybridized carbons (Fsp3) is 0.333. The van der Waals surface area contributed by atoms with Crippen molar-refractivity contribution in [2.45, 2.75) is 20.4 Å². The lowest BCUT2D eigenvalue weighted by atomic mass is 10.1. The van der Waals surface area contributed by atoms with E-state index in [1.165, 1.54) is 23.5 Å². The van der Waals surface area contributed by atoms with Gasteiger partial charge in [-0.1, -0.05) is 11.3 Å². The summed E-state index contributed by atoms with van der Waals surface area (Å²) >= 11 is 1.30. The fourth-order valence-corrected chi connectivity index (χ4v) is 5.10. The lowest BCUT2D eigenvalue weighted by molar-refractivity contribution is 0.585. The number of anilines is 3. The number of rotatable bonds is 5. The van der Waals surface area contributed by atoms with Crippen molar-refractivity contribution in [2.24, 2.45) is 0 Å². The number of thiazole rings is 1. The number of nitrogens with zero attached hydrogens (tertiary/aromatic N) is 7. The first-order valence-corrected chi connectivity index (χ1v) is 12.1. The van der Waals surface area contributed by atoms with Crippen molar-refractivity contribution in [2.75, 3.05) is 43.0 Å². The Bertz CT molecular complexity index is 1380. The van der Waals surface area contributed by atoms with E-state index >= 15 is 0 Å². The van der Waals surface area contributed by atoms with Crippen molar-refractivity contribution in [1.82, 2.24) is 25.1 Å². The average Bonchev–Trinajstić information content (AvgIpc) is 3.46. The third-order valence-corrected chi connectivity index (χ3v) is 7.06. The molecule has 5 rings (SSSR count). The molecule has 1 aliphatic heterocycles. The third kappa shape index (κ3) is 3.87. The maximum absolute atomic E-state index is 13.4. The predicted molar refractivity (Wildman–Crippen MR) is 133 cm³/mol. The highest BCUT2D eigenvalue weighted by atomic mass is 32.1. The van der Waals surface area contributed by atoms with Gasteiger partial charge in [-0.05, 0) is 49.7 Å². The molecule has 0 amide bonds. The molecule has 1 saturated heterocycles. The van der Waals surface area contributed by atoms with E-state index < -0.39 is 0 Å². The van der Waals surface area contributed by atoms with E-state index in [0.29, 0.717) is 27.8 Å². The third-order valence-electron chi connectivity index (χ3n) is 6.03. The SMILES string of the molecule is CCn1nc2c(C)cc(N3CCNCC3)nc2c1N(C)c1nc(-c2ccc(F)cc2)c(C#N)s1. The van der Waals surface area contributed by atoms with Crippen LogP contribution in [0.3, 0.4) is 0 Å². The molecular weight excluding hydrogens is 451 g/mol. The maximum Gasteiger partial charge on any atom is 0.192 e. The number of piperazine rings is 1. The molecule has 0 bridgehead atoms. The Morgan fingerprint density at radius 3 is 2.59 bits per heavy atom. The van der Waals surface area contributed by atoms with Crippen LogP contribution >= 0.6 is 11.3 Å². The zero-order valence-electron chi connectivity index (χ0n) is 19.3. The Morgan fingerprint density at radius 2 is 1.91 bits per heavy atom. The first-order chi connectivity index (χ1) is 16.5. The lowest BCUT2D eigenvalue weighted by Crippen LogP contribution is -2.43. The maximum atomic E-state index is 13.4. The summed E-state index contributed by atoms with van der Waals surface area (Å²) in [4.78, 5) is 14.5. The summed E-state index contributed by atoms with van der Waals surface area (Å²) in [6, 6.07) is 10.4. The molecule has 0 unspecified atom stereocenters. The Kier molecular flexibility index (Phi) is 5.89. The van der Waals surface area contributed by atoms with Gasteiger partial charge in [0.1, 0.15) is 39.3 Å². The van der Waals surface area contributed by atoms with Gasteiger partial charge < -0.3 is 15.1 Å². The van der Waals surface area contributed by atoms with Crippen molar-refractivity contribution in [3.63, 3.8) is 0 Å². The summed E-state index contributed by atoms with van der Waals surface area (Å²) in [5, 5.41) is 18.6. The number of aromatic nitrogens is 4. The van der Waals surface area contributed by atoms with Crippen molar-refractivity contribution >= 4 is 39.1 Å². The van der Waals surface area contributed by atoms with Crippen LogP contribution in [0.1, 0.15) is 17.4 Å². The van der Waals surface area contributed by atoms with Crippen molar-refractivity contribution < 1.29 is 4.39 Å².